The van der Waals surface area contributed by atoms with Crippen LogP contribution in [-0.2, 0) is 23.5 Å². The number of aromatic hydroxyl groups is 1. The van der Waals surface area contributed by atoms with Crippen molar-refractivity contribution in [1.29, 1.82) is 0 Å². The second-order valence-electron chi connectivity index (χ2n) is 8.89. The molecule has 1 aromatic heterocycles. The second kappa shape index (κ2) is 10.2. The summed E-state index contributed by atoms with van der Waals surface area (Å²) in [5.74, 6) is -0.451. The van der Waals surface area contributed by atoms with Crippen LogP contribution in [0.15, 0.2) is 46.6 Å². The molecule has 14 heteroatoms. The van der Waals surface area contributed by atoms with Gasteiger partial charge in [-0.1, -0.05) is 23.5 Å². The van der Waals surface area contributed by atoms with E-state index in [2.05, 4.69) is 15.2 Å². The first-order valence-electron chi connectivity index (χ1n) is 11.6. The van der Waals surface area contributed by atoms with E-state index in [-0.39, 0.29) is 29.7 Å². The fourth-order valence-corrected chi connectivity index (χ4v) is 5.57. The molecular formula is C25H20F6N4O3S. The summed E-state index contributed by atoms with van der Waals surface area (Å²) in [6.45, 7) is 0.676. The van der Waals surface area contributed by atoms with Crippen LogP contribution >= 0.6 is 11.3 Å². The number of benzene rings is 2. The minimum Gasteiger partial charge on any atom is -0.492 e. The van der Waals surface area contributed by atoms with Gasteiger partial charge in [0.1, 0.15) is 0 Å². The Labute approximate surface area is 221 Å². The van der Waals surface area contributed by atoms with Crippen molar-refractivity contribution in [3.63, 3.8) is 0 Å². The molecule has 0 amide bonds. The number of fused-ring (bicyclic) bond motifs is 1. The first-order chi connectivity index (χ1) is 18.5. The number of aliphatic hydroxyl groups is 1. The topological polar surface area (TPSA) is 90.5 Å². The van der Waals surface area contributed by atoms with E-state index in [1.807, 2.05) is 0 Å². The summed E-state index contributed by atoms with van der Waals surface area (Å²) in [5, 5.41) is 29.6. The molecule has 2 aromatic carbocycles. The molecule has 0 saturated carbocycles. The summed E-state index contributed by atoms with van der Waals surface area (Å²) in [5.41, 5.74) is -2.44. The number of morpholine rings is 1. The predicted molar refractivity (Wildman–Crippen MR) is 130 cm³/mol. The number of thiazole rings is 1. The van der Waals surface area contributed by atoms with Crippen molar-refractivity contribution in [3.05, 3.63) is 74.1 Å². The number of hydrogen-bond donors (Lipinski definition) is 2. The highest BCUT2D eigenvalue weighted by Crippen LogP contribution is 2.41. The first-order valence-corrected chi connectivity index (χ1v) is 12.4. The Hall–Kier alpha value is -3.49. The number of nitrogens with zero attached hydrogens (tertiary/aromatic N) is 4. The number of rotatable bonds is 5. The SMILES string of the molecule is OC[C@@H]1COCCN1c1nc(O)c(/C(Cc2ccc(C(F)(F)F)cc2C(F)(F)F)=c2\ccc3c(c2)C=NN=3)s1. The lowest BCUT2D eigenvalue weighted by Gasteiger charge is -2.34. The van der Waals surface area contributed by atoms with Gasteiger partial charge in [-0.15, -0.1) is 0 Å². The standard InChI is InChI=1S/C25H20F6N4O3S/c26-24(27,28)16-3-1-14(19(9-16)25(29,30)31)8-18(13-2-4-20-15(7-13)10-32-34-20)21-22(37)33-23(39-21)35-5-6-38-12-17(35)11-36/h1-4,7,9-10,17,36-37H,5-6,8,11-12H2/b18-13+/t17-/m1/s1. The molecule has 0 aliphatic carbocycles. The highest BCUT2D eigenvalue weighted by atomic mass is 32.1. The van der Waals surface area contributed by atoms with E-state index < -0.39 is 47.4 Å². The second-order valence-corrected chi connectivity index (χ2v) is 9.87. The largest absolute Gasteiger partial charge is 0.492 e. The third-order valence-electron chi connectivity index (χ3n) is 6.40. The molecule has 0 spiro atoms. The maximum atomic E-state index is 14.0. The Morgan fingerprint density at radius 1 is 1.08 bits per heavy atom. The molecule has 2 aliphatic heterocycles. The van der Waals surface area contributed by atoms with Gasteiger partial charge in [-0.05, 0) is 40.6 Å². The summed E-state index contributed by atoms with van der Waals surface area (Å²) in [6, 6.07) is 5.90. The number of hydrogen-bond acceptors (Lipinski definition) is 8. The molecule has 2 N–H and O–H groups in total. The molecule has 0 bridgehead atoms. The molecule has 39 heavy (non-hydrogen) atoms. The molecule has 1 atom stereocenters. The van der Waals surface area contributed by atoms with E-state index in [0.717, 1.165) is 17.4 Å². The van der Waals surface area contributed by atoms with E-state index >= 15 is 0 Å². The molecule has 0 radical (unpaired) electrons. The average Bonchev–Trinajstić information content (AvgIpc) is 3.52. The number of alkyl halides is 6. The number of aromatic nitrogens is 1. The van der Waals surface area contributed by atoms with Crippen LogP contribution in [-0.4, -0.2) is 53.8 Å². The van der Waals surface area contributed by atoms with Crippen LogP contribution < -0.4 is 15.5 Å². The molecule has 0 unspecified atom stereocenters. The summed E-state index contributed by atoms with van der Waals surface area (Å²) < 4.78 is 86.9. The molecule has 3 aromatic rings. The Balaban J connectivity index is 1.67. The maximum absolute atomic E-state index is 14.0. The number of ether oxygens (including phenoxy) is 1. The van der Waals surface area contributed by atoms with Gasteiger partial charge in [-0.2, -0.15) is 41.5 Å². The van der Waals surface area contributed by atoms with Crippen molar-refractivity contribution in [2.45, 2.75) is 24.8 Å². The Morgan fingerprint density at radius 3 is 2.59 bits per heavy atom. The lowest BCUT2D eigenvalue weighted by atomic mass is 9.94. The van der Waals surface area contributed by atoms with Crippen LogP contribution in [0.5, 0.6) is 5.88 Å². The predicted octanol–water partition coefficient (Wildman–Crippen LogP) is 3.49. The van der Waals surface area contributed by atoms with E-state index in [1.165, 1.54) is 6.21 Å². The van der Waals surface area contributed by atoms with E-state index in [9.17, 15) is 36.6 Å². The van der Waals surface area contributed by atoms with Gasteiger partial charge < -0.3 is 19.8 Å². The van der Waals surface area contributed by atoms with Crippen LogP contribution in [0.2, 0.25) is 0 Å². The van der Waals surface area contributed by atoms with Crippen molar-refractivity contribution < 1.29 is 41.3 Å². The Kier molecular flexibility index (Phi) is 7.11. The third kappa shape index (κ3) is 5.49. The van der Waals surface area contributed by atoms with Crippen molar-refractivity contribution in [2.24, 2.45) is 10.2 Å². The quantitative estimate of drug-likeness (QED) is 0.459. The number of anilines is 1. The van der Waals surface area contributed by atoms with Crippen molar-refractivity contribution in [3.8, 4) is 5.88 Å². The van der Waals surface area contributed by atoms with Gasteiger partial charge in [0.25, 0.3) is 0 Å². The Morgan fingerprint density at radius 2 is 1.87 bits per heavy atom. The fourth-order valence-electron chi connectivity index (χ4n) is 4.44. The van der Waals surface area contributed by atoms with Crippen molar-refractivity contribution in [2.75, 3.05) is 31.3 Å². The molecule has 3 heterocycles. The zero-order valence-electron chi connectivity index (χ0n) is 19.9. The van der Waals surface area contributed by atoms with Crippen LogP contribution in [0.4, 0.5) is 31.5 Å². The third-order valence-corrected chi connectivity index (χ3v) is 7.55. The van der Waals surface area contributed by atoms with Crippen molar-refractivity contribution in [1.82, 2.24) is 4.98 Å². The summed E-state index contributed by atoms with van der Waals surface area (Å²) in [7, 11) is 0. The highest BCUT2D eigenvalue weighted by Gasteiger charge is 2.38. The molecule has 1 fully saturated rings. The van der Waals surface area contributed by atoms with Crippen molar-refractivity contribution >= 4 is 28.3 Å². The summed E-state index contributed by atoms with van der Waals surface area (Å²) in [6.07, 6.45) is -9.01. The molecule has 2 aliphatic rings. The van der Waals surface area contributed by atoms with Gasteiger partial charge in [0.2, 0.25) is 5.88 Å². The Bertz CT molecular complexity index is 1550. The van der Waals surface area contributed by atoms with Crippen LogP contribution in [0.25, 0.3) is 5.57 Å². The molecular weight excluding hydrogens is 550 g/mol. The summed E-state index contributed by atoms with van der Waals surface area (Å²) in [4.78, 5) is 6.09. The molecule has 1 saturated heterocycles. The smallest absolute Gasteiger partial charge is 0.416 e. The number of halogens is 6. The van der Waals surface area contributed by atoms with E-state index in [4.69, 9.17) is 4.74 Å². The monoisotopic (exact) mass is 570 g/mol. The maximum Gasteiger partial charge on any atom is 0.416 e. The minimum atomic E-state index is -5.06. The van der Waals surface area contributed by atoms with Gasteiger partial charge in [0, 0.05) is 18.5 Å². The normalized spacial score (nSPS) is 18.2. The van der Waals surface area contributed by atoms with E-state index in [1.54, 1.807) is 23.1 Å². The zero-order valence-corrected chi connectivity index (χ0v) is 20.7. The van der Waals surface area contributed by atoms with Gasteiger partial charge in [-0.25, -0.2) is 0 Å². The number of aliphatic hydroxyl groups excluding tert-OH is 1. The molecule has 5 rings (SSSR count). The molecule has 206 valence electrons. The van der Waals surface area contributed by atoms with Crippen LogP contribution in [0.1, 0.15) is 27.1 Å². The van der Waals surface area contributed by atoms with Gasteiger partial charge in [0.05, 0.1) is 53.4 Å². The lowest BCUT2D eigenvalue weighted by molar-refractivity contribution is -0.143. The zero-order chi connectivity index (χ0) is 27.9. The average molecular weight is 571 g/mol. The van der Waals surface area contributed by atoms with Gasteiger partial charge in [0.15, 0.2) is 5.13 Å². The van der Waals surface area contributed by atoms with E-state index in [0.29, 0.717) is 40.5 Å². The molecule has 7 nitrogen and oxygen atoms in total. The van der Waals surface area contributed by atoms with Gasteiger partial charge in [-0.3, -0.25) is 0 Å². The van der Waals surface area contributed by atoms with Crippen LogP contribution in [0, 0.1) is 0 Å². The van der Waals surface area contributed by atoms with Crippen LogP contribution in [0.3, 0.4) is 0 Å². The van der Waals surface area contributed by atoms with Gasteiger partial charge >= 0.3 is 12.4 Å². The first kappa shape index (κ1) is 27.1. The highest BCUT2D eigenvalue weighted by molar-refractivity contribution is 7.17. The minimum absolute atomic E-state index is 0.0960. The summed E-state index contributed by atoms with van der Waals surface area (Å²) >= 11 is 1.00. The lowest BCUT2D eigenvalue weighted by Crippen LogP contribution is -2.47. The fraction of sp³-hybridized carbons (Fsp3) is 0.320.